The number of piperazine rings is 1. The first-order valence-electron chi connectivity index (χ1n) is 9.69. The molecule has 1 aromatic heterocycles. The summed E-state index contributed by atoms with van der Waals surface area (Å²) in [6.45, 7) is 7.31. The molecule has 4 nitrogen and oxygen atoms in total. The van der Waals surface area contributed by atoms with E-state index in [9.17, 15) is 0 Å². The Balaban J connectivity index is 1.51. The van der Waals surface area contributed by atoms with Crippen molar-refractivity contribution in [3.63, 3.8) is 0 Å². The molecule has 1 aliphatic rings. The molecule has 0 N–H and O–H groups in total. The average Bonchev–Trinajstić information content (AvgIpc) is 2.74. The molecule has 28 heavy (non-hydrogen) atoms. The van der Waals surface area contributed by atoms with E-state index >= 15 is 0 Å². The number of hydrogen-bond donors (Lipinski definition) is 0. The predicted molar refractivity (Wildman–Crippen MR) is 119 cm³/mol. The summed E-state index contributed by atoms with van der Waals surface area (Å²) in [6, 6.07) is 17.7. The van der Waals surface area contributed by atoms with Crippen LogP contribution in [0.5, 0.6) is 0 Å². The molecule has 0 bridgehead atoms. The van der Waals surface area contributed by atoms with Gasteiger partial charge in [0.05, 0.1) is 18.1 Å². The van der Waals surface area contributed by atoms with Gasteiger partial charge in [-0.1, -0.05) is 24.3 Å². The van der Waals surface area contributed by atoms with Crippen molar-refractivity contribution in [2.24, 2.45) is 0 Å². The summed E-state index contributed by atoms with van der Waals surface area (Å²) in [4.78, 5) is 15.5. The zero-order valence-corrected chi connectivity index (χ0v) is 17.5. The number of aryl methyl sites for hydroxylation is 1. The van der Waals surface area contributed by atoms with Crippen LogP contribution in [0.15, 0.2) is 65.8 Å². The van der Waals surface area contributed by atoms with Crippen molar-refractivity contribution < 1.29 is 0 Å². The summed E-state index contributed by atoms with van der Waals surface area (Å²) in [7, 11) is 0. The molecule has 0 saturated carbocycles. The molecule has 1 aliphatic heterocycles. The first kappa shape index (κ1) is 18.8. The largest absolute Gasteiger partial charge is 0.365 e. The van der Waals surface area contributed by atoms with Crippen LogP contribution in [0.1, 0.15) is 12.5 Å². The van der Waals surface area contributed by atoms with E-state index in [-0.39, 0.29) is 0 Å². The van der Waals surface area contributed by atoms with Crippen molar-refractivity contribution in [1.82, 2.24) is 9.97 Å². The molecule has 144 valence electrons. The number of aromatic nitrogens is 2. The molecule has 0 aliphatic carbocycles. The lowest BCUT2D eigenvalue weighted by molar-refractivity contribution is 0.547. The van der Waals surface area contributed by atoms with Crippen LogP contribution in [0.25, 0.3) is 11.3 Å². The minimum atomic E-state index is 0.418. The highest BCUT2D eigenvalue weighted by Crippen LogP contribution is 2.26. The Bertz CT molecular complexity index is 941. The van der Waals surface area contributed by atoms with Gasteiger partial charge >= 0.3 is 0 Å². The molecule has 1 unspecified atom stereocenters. The third-order valence-corrected chi connectivity index (χ3v) is 6.04. The monoisotopic (exact) mass is 390 g/mol. The lowest BCUT2D eigenvalue weighted by Gasteiger charge is -2.41. The Morgan fingerprint density at radius 1 is 1.04 bits per heavy atom. The number of nitrogens with zero attached hydrogens (tertiary/aromatic N) is 4. The molecular weight excluding hydrogens is 364 g/mol. The maximum absolute atomic E-state index is 4.91. The number of benzene rings is 2. The number of anilines is 2. The summed E-state index contributed by atoms with van der Waals surface area (Å²) >= 11 is 1.75. The van der Waals surface area contributed by atoms with E-state index in [4.69, 9.17) is 4.98 Å². The van der Waals surface area contributed by atoms with Gasteiger partial charge in [-0.3, -0.25) is 4.98 Å². The van der Waals surface area contributed by atoms with Crippen molar-refractivity contribution in [1.29, 1.82) is 0 Å². The van der Waals surface area contributed by atoms with Gasteiger partial charge in [-0.25, -0.2) is 4.98 Å². The standard InChI is InChI=1S/C23H26N4S/c1-17-5-4-6-20(13-17)27-12-11-26(16-18(27)2)23-15-24-14-22(25-23)19-7-9-21(28-3)10-8-19/h4-10,13-15,18H,11-12,16H2,1-3H3. The van der Waals surface area contributed by atoms with Crippen molar-refractivity contribution in [2.75, 3.05) is 35.7 Å². The molecule has 0 radical (unpaired) electrons. The Morgan fingerprint density at radius 2 is 1.86 bits per heavy atom. The van der Waals surface area contributed by atoms with Gasteiger partial charge in [0, 0.05) is 41.8 Å². The van der Waals surface area contributed by atoms with Gasteiger partial charge in [-0.2, -0.15) is 0 Å². The Morgan fingerprint density at radius 3 is 2.57 bits per heavy atom. The fourth-order valence-electron chi connectivity index (χ4n) is 3.76. The van der Waals surface area contributed by atoms with Crippen molar-refractivity contribution in [3.8, 4) is 11.3 Å². The Labute approximate surface area is 171 Å². The van der Waals surface area contributed by atoms with Gasteiger partial charge in [0.25, 0.3) is 0 Å². The quantitative estimate of drug-likeness (QED) is 0.592. The van der Waals surface area contributed by atoms with Crippen LogP contribution in [0.3, 0.4) is 0 Å². The van der Waals surface area contributed by atoms with E-state index in [0.717, 1.165) is 36.7 Å². The van der Waals surface area contributed by atoms with Gasteiger partial charge < -0.3 is 9.80 Å². The Hall–Kier alpha value is -2.53. The lowest BCUT2D eigenvalue weighted by atomic mass is 10.1. The number of rotatable bonds is 4. The Kier molecular flexibility index (Phi) is 5.53. The van der Waals surface area contributed by atoms with Crippen LogP contribution in [0.4, 0.5) is 11.5 Å². The summed E-state index contributed by atoms with van der Waals surface area (Å²) in [5, 5.41) is 0. The fraction of sp³-hybridized carbons (Fsp3) is 0.304. The third kappa shape index (κ3) is 3.99. The first-order valence-corrected chi connectivity index (χ1v) is 10.9. The van der Waals surface area contributed by atoms with Crippen molar-refractivity contribution in [3.05, 3.63) is 66.5 Å². The van der Waals surface area contributed by atoms with Gasteiger partial charge in [0.1, 0.15) is 5.82 Å². The average molecular weight is 391 g/mol. The van der Waals surface area contributed by atoms with Crippen LogP contribution in [-0.4, -0.2) is 41.9 Å². The zero-order chi connectivity index (χ0) is 19.5. The van der Waals surface area contributed by atoms with Gasteiger partial charge in [-0.05, 0) is 49.9 Å². The van der Waals surface area contributed by atoms with E-state index in [2.05, 4.69) is 83.4 Å². The van der Waals surface area contributed by atoms with Crippen LogP contribution in [0, 0.1) is 6.92 Å². The van der Waals surface area contributed by atoms with E-state index in [1.165, 1.54) is 16.1 Å². The van der Waals surface area contributed by atoms with Crippen molar-refractivity contribution in [2.45, 2.75) is 24.8 Å². The van der Waals surface area contributed by atoms with Crippen LogP contribution in [0.2, 0.25) is 0 Å². The lowest BCUT2D eigenvalue weighted by Crippen LogP contribution is -2.52. The highest BCUT2D eigenvalue weighted by atomic mass is 32.2. The molecule has 1 fully saturated rings. The van der Waals surface area contributed by atoms with Gasteiger partial charge in [0.15, 0.2) is 0 Å². The van der Waals surface area contributed by atoms with Gasteiger partial charge in [-0.15, -0.1) is 11.8 Å². The molecule has 2 heterocycles. The minimum absolute atomic E-state index is 0.418. The smallest absolute Gasteiger partial charge is 0.147 e. The molecule has 5 heteroatoms. The molecule has 1 saturated heterocycles. The van der Waals surface area contributed by atoms with Gasteiger partial charge in [0.2, 0.25) is 0 Å². The second-order valence-electron chi connectivity index (χ2n) is 7.32. The second-order valence-corrected chi connectivity index (χ2v) is 8.20. The second kappa shape index (κ2) is 8.23. The van der Waals surface area contributed by atoms with Crippen LogP contribution < -0.4 is 9.80 Å². The summed E-state index contributed by atoms with van der Waals surface area (Å²) in [6.07, 6.45) is 5.83. The van der Waals surface area contributed by atoms with E-state index < -0.39 is 0 Å². The molecule has 2 aromatic carbocycles. The SMILES string of the molecule is CSc1ccc(-c2cncc(N3CCN(c4cccc(C)c4)C(C)C3)n2)cc1. The minimum Gasteiger partial charge on any atom is -0.365 e. The van der Waals surface area contributed by atoms with E-state index in [1.54, 1.807) is 11.8 Å². The fourth-order valence-corrected chi connectivity index (χ4v) is 4.17. The number of hydrogen-bond acceptors (Lipinski definition) is 5. The summed E-state index contributed by atoms with van der Waals surface area (Å²) in [5.41, 5.74) is 4.65. The maximum atomic E-state index is 4.91. The predicted octanol–water partition coefficient (Wildman–Crippen LogP) is 4.89. The van der Waals surface area contributed by atoms with Crippen molar-refractivity contribution >= 4 is 23.3 Å². The van der Waals surface area contributed by atoms with Crippen LogP contribution in [-0.2, 0) is 0 Å². The molecule has 0 spiro atoms. The molecule has 0 amide bonds. The zero-order valence-electron chi connectivity index (χ0n) is 16.7. The summed E-state index contributed by atoms with van der Waals surface area (Å²) < 4.78 is 0. The van der Waals surface area contributed by atoms with E-state index in [1.807, 2.05) is 12.4 Å². The highest BCUT2D eigenvalue weighted by Gasteiger charge is 2.25. The third-order valence-electron chi connectivity index (χ3n) is 5.29. The number of thioether (sulfide) groups is 1. The topological polar surface area (TPSA) is 32.3 Å². The summed E-state index contributed by atoms with van der Waals surface area (Å²) in [5.74, 6) is 0.960. The molecule has 4 rings (SSSR count). The molecule has 1 atom stereocenters. The first-order chi connectivity index (χ1) is 13.6. The van der Waals surface area contributed by atoms with E-state index in [0.29, 0.717) is 6.04 Å². The molecular formula is C23H26N4S. The highest BCUT2D eigenvalue weighted by molar-refractivity contribution is 7.98. The van der Waals surface area contributed by atoms with Crippen LogP contribution >= 0.6 is 11.8 Å². The normalized spacial score (nSPS) is 17.0. The maximum Gasteiger partial charge on any atom is 0.147 e. The molecule has 3 aromatic rings.